The van der Waals surface area contributed by atoms with Gasteiger partial charge in [0.1, 0.15) is 11.6 Å². The van der Waals surface area contributed by atoms with E-state index in [1.165, 1.54) is 0 Å². The van der Waals surface area contributed by atoms with Crippen molar-refractivity contribution in [2.45, 2.75) is 56.3 Å². The number of pyridine rings is 1. The zero-order valence-corrected chi connectivity index (χ0v) is 14.2. The SMILES string of the molecule is O[C@@H]1[C@H](O)[C@@H]2C[C@@H]2[C@H]1n1cnc2c(NCC(F)F)cc(C3CCC3)nc21. The van der Waals surface area contributed by atoms with Gasteiger partial charge >= 0.3 is 0 Å². The van der Waals surface area contributed by atoms with E-state index in [9.17, 15) is 19.0 Å². The topological polar surface area (TPSA) is 83.2 Å². The van der Waals surface area contributed by atoms with Crippen LogP contribution in [0.2, 0.25) is 0 Å². The molecule has 6 nitrogen and oxygen atoms in total. The van der Waals surface area contributed by atoms with Gasteiger partial charge in [-0.3, -0.25) is 0 Å². The summed E-state index contributed by atoms with van der Waals surface area (Å²) in [5.74, 6) is 0.713. The van der Waals surface area contributed by atoms with Crippen molar-refractivity contribution in [2.75, 3.05) is 11.9 Å². The Kier molecular flexibility index (Phi) is 3.69. The Morgan fingerprint density at radius 1 is 1.23 bits per heavy atom. The van der Waals surface area contributed by atoms with Crippen molar-refractivity contribution in [3.8, 4) is 0 Å². The minimum Gasteiger partial charge on any atom is -0.390 e. The van der Waals surface area contributed by atoms with Crippen LogP contribution in [0.1, 0.15) is 43.3 Å². The summed E-state index contributed by atoms with van der Waals surface area (Å²) in [6.45, 7) is -0.439. The standard InChI is InChI=1S/C18H22F2N4O2/c19-13(20)6-21-12-5-11(8-2-1-3-8)23-18-14(12)22-7-24(18)15-9-4-10(9)16(25)17(15)26/h5,7-10,13,15-17,25-26H,1-4,6H2,(H,21,23)/t9-,10+,15+,16+,17-/m0/s1. The van der Waals surface area contributed by atoms with Gasteiger partial charge in [0, 0.05) is 11.6 Å². The van der Waals surface area contributed by atoms with E-state index in [1.54, 1.807) is 6.33 Å². The van der Waals surface area contributed by atoms with Crippen molar-refractivity contribution in [1.29, 1.82) is 0 Å². The number of aliphatic hydroxyl groups is 2. The van der Waals surface area contributed by atoms with Gasteiger partial charge in [-0.1, -0.05) is 6.42 Å². The number of halogens is 2. The molecule has 3 saturated carbocycles. The van der Waals surface area contributed by atoms with E-state index in [1.807, 2.05) is 10.6 Å². The molecule has 0 spiro atoms. The third-order valence-corrected chi connectivity index (χ3v) is 6.31. The number of imidazole rings is 1. The molecule has 8 heteroatoms. The smallest absolute Gasteiger partial charge is 0.255 e. The molecule has 0 aromatic carbocycles. The molecule has 0 unspecified atom stereocenters. The lowest BCUT2D eigenvalue weighted by molar-refractivity contribution is 0.00386. The summed E-state index contributed by atoms with van der Waals surface area (Å²) in [6.07, 6.45) is 1.76. The van der Waals surface area contributed by atoms with Crippen molar-refractivity contribution in [3.63, 3.8) is 0 Å². The second-order valence-electron chi connectivity index (χ2n) is 7.85. The van der Waals surface area contributed by atoms with Crippen LogP contribution in [0.4, 0.5) is 14.5 Å². The molecule has 5 atom stereocenters. The van der Waals surface area contributed by atoms with E-state index >= 15 is 0 Å². The minimum absolute atomic E-state index is 0.138. The average Bonchev–Trinajstić information content (AvgIpc) is 3.16. The molecule has 3 fully saturated rings. The van der Waals surface area contributed by atoms with Gasteiger partial charge in [-0.05, 0) is 37.2 Å². The van der Waals surface area contributed by atoms with Crippen LogP contribution < -0.4 is 5.32 Å². The molecule has 140 valence electrons. The minimum atomic E-state index is -2.45. The fraction of sp³-hybridized carbons (Fsp3) is 0.667. The van der Waals surface area contributed by atoms with Gasteiger partial charge in [-0.15, -0.1) is 0 Å². The highest BCUT2D eigenvalue weighted by molar-refractivity contribution is 5.86. The molecule has 0 radical (unpaired) electrons. The fourth-order valence-corrected chi connectivity index (χ4v) is 4.58. The van der Waals surface area contributed by atoms with Crippen LogP contribution in [-0.4, -0.2) is 49.9 Å². The van der Waals surface area contributed by atoms with Crippen LogP contribution in [-0.2, 0) is 0 Å². The molecular formula is C18H22F2N4O2. The van der Waals surface area contributed by atoms with Crippen molar-refractivity contribution in [2.24, 2.45) is 11.8 Å². The summed E-state index contributed by atoms with van der Waals surface area (Å²) in [5, 5.41) is 23.4. The molecule has 3 aliphatic rings. The van der Waals surface area contributed by atoms with Gasteiger partial charge in [0.25, 0.3) is 6.43 Å². The van der Waals surface area contributed by atoms with Gasteiger partial charge in [-0.2, -0.15) is 0 Å². The van der Waals surface area contributed by atoms with E-state index in [-0.39, 0.29) is 17.9 Å². The molecule has 0 bridgehead atoms. The first-order chi connectivity index (χ1) is 12.5. The Bertz CT molecular complexity index is 838. The molecule has 5 rings (SSSR count). The number of anilines is 1. The first kappa shape index (κ1) is 16.4. The lowest BCUT2D eigenvalue weighted by atomic mass is 9.82. The third-order valence-electron chi connectivity index (χ3n) is 6.31. The molecule has 2 aromatic rings. The maximum absolute atomic E-state index is 12.7. The number of fused-ring (bicyclic) bond motifs is 2. The molecule has 0 aliphatic heterocycles. The highest BCUT2D eigenvalue weighted by Gasteiger charge is 2.60. The van der Waals surface area contributed by atoms with Crippen LogP contribution in [0.3, 0.4) is 0 Å². The average molecular weight is 364 g/mol. The Labute approximate surface area is 149 Å². The van der Waals surface area contributed by atoms with Gasteiger partial charge < -0.3 is 20.1 Å². The van der Waals surface area contributed by atoms with Crippen LogP contribution in [0.25, 0.3) is 11.2 Å². The van der Waals surface area contributed by atoms with E-state index in [0.29, 0.717) is 22.8 Å². The van der Waals surface area contributed by atoms with Crippen LogP contribution in [0, 0.1) is 11.8 Å². The number of hydrogen-bond donors (Lipinski definition) is 3. The summed E-state index contributed by atoms with van der Waals surface area (Å²) < 4.78 is 27.2. The monoisotopic (exact) mass is 364 g/mol. The van der Waals surface area contributed by atoms with E-state index in [2.05, 4.69) is 10.3 Å². The Morgan fingerprint density at radius 3 is 2.65 bits per heavy atom. The number of aliphatic hydroxyl groups excluding tert-OH is 2. The molecular weight excluding hydrogens is 342 g/mol. The summed E-state index contributed by atoms with van der Waals surface area (Å²) >= 11 is 0. The van der Waals surface area contributed by atoms with E-state index < -0.39 is 25.2 Å². The second kappa shape index (κ2) is 5.85. The molecule has 3 aliphatic carbocycles. The first-order valence-corrected chi connectivity index (χ1v) is 9.30. The molecule has 26 heavy (non-hydrogen) atoms. The third kappa shape index (κ3) is 2.42. The van der Waals surface area contributed by atoms with E-state index in [0.717, 1.165) is 31.4 Å². The van der Waals surface area contributed by atoms with Crippen LogP contribution in [0.15, 0.2) is 12.4 Å². The quantitative estimate of drug-likeness (QED) is 0.758. The summed E-state index contributed by atoms with van der Waals surface area (Å²) in [7, 11) is 0. The normalized spacial score (nSPS) is 33.5. The highest BCUT2D eigenvalue weighted by Crippen LogP contribution is 2.58. The summed E-state index contributed by atoms with van der Waals surface area (Å²) in [5.41, 5.74) is 2.61. The van der Waals surface area contributed by atoms with Gasteiger partial charge in [0.05, 0.1) is 30.7 Å². The van der Waals surface area contributed by atoms with Gasteiger partial charge in [-0.25, -0.2) is 18.7 Å². The maximum atomic E-state index is 12.7. The molecule has 0 amide bonds. The van der Waals surface area contributed by atoms with Crippen LogP contribution >= 0.6 is 0 Å². The number of hydrogen-bond acceptors (Lipinski definition) is 5. The lowest BCUT2D eigenvalue weighted by Gasteiger charge is -2.26. The van der Waals surface area contributed by atoms with E-state index in [4.69, 9.17) is 4.98 Å². The number of alkyl halides is 2. The number of nitrogens with zero attached hydrogens (tertiary/aromatic N) is 3. The number of nitrogens with one attached hydrogen (secondary N) is 1. The van der Waals surface area contributed by atoms with Crippen molar-refractivity contribution in [1.82, 2.24) is 14.5 Å². The van der Waals surface area contributed by atoms with Crippen molar-refractivity contribution in [3.05, 3.63) is 18.1 Å². The Hall–Kier alpha value is -1.80. The zero-order valence-electron chi connectivity index (χ0n) is 14.2. The van der Waals surface area contributed by atoms with Gasteiger partial charge in [0.2, 0.25) is 0 Å². The largest absolute Gasteiger partial charge is 0.390 e. The molecule has 2 heterocycles. The lowest BCUT2D eigenvalue weighted by Crippen LogP contribution is -2.31. The molecule has 0 saturated heterocycles. The molecule has 3 N–H and O–H groups in total. The van der Waals surface area contributed by atoms with Crippen molar-refractivity contribution >= 4 is 16.9 Å². The highest BCUT2D eigenvalue weighted by atomic mass is 19.3. The molecule has 2 aromatic heterocycles. The number of aromatic nitrogens is 3. The van der Waals surface area contributed by atoms with Crippen LogP contribution in [0.5, 0.6) is 0 Å². The first-order valence-electron chi connectivity index (χ1n) is 9.30. The Morgan fingerprint density at radius 2 is 2.04 bits per heavy atom. The van der Waals surface area contributed by atoms with Gasteiger partial charge in [0.15, 0.2) is 5.65 Å². The van der Waals surface area contributed by atoms with Crippen molar-refractivity contribution < 1.29 is 19.0 Å². The fourth-order valence-electron chi connectivity index (χ4n) is 4.58. The summed E-state index contributed by atoms with van der Waals surface area (Å²) in [4.78, 5) is 9.18. The number of rotatable bonds is 5. The Balaban J connectivity index is 1.58. The zero-order chi connectivity index (χ0) is 18.0. The summed E-state index contributed by atoms with van der Waals surface area (Å²) in [6, 6.07) is 1.58. The predicted octanol–water partition coefficient (Wildman–Crippen LogP) is 2.29. The maximum Gasteiger partial charge on any atom is 0.255 e. The predicted molar refractivity (Wildman–Crippen MR) is 91.3 cm³/mol. The second-order valence-corrected chi connectivity index (χ2v) is 7.85.